The molecule has 16 heavy (non-hydrogen) atoms. The van der Waals surface area contributed by atoms with Gasteiger partial charge in [-0.15, -0.1) is 0 Å². The number of rotatable bonds is 1. The van der Waals surface area contributed by atoms with Gasteiger partial charge in [0.25, 0.3) is 0 Å². The summed E-state index contributed by atoms with van der Waals surface area (Å²) >= 11 is 0. The molecule has 3 N–H and O–H groups in total. The summed E-state index contributed by atoms with van der Waals surface area (Å²) in [4.78, 5) is 0. The van der Waals surface area contributed by atoms with Crippen molar-refractivity contribution in [2.45, 2.75) is 12.8 Å². The normalized spacial score (nSPS) is 15.8. The Morgan fingerprint density at radius 1 is 1.12 bits per heavy atom. The summed E-state index contributed by atoms with van der Waals surface area (Å²) in [5.41, 5.74) is 5.92. The first kappa shape index (κ1) is 9.31. The van der Waals surface area contributed by atoms with Gasteiger partial charge in [0.05, 0.1) is 18.9 Å². The lowest BCUT2D eigenvalue weighted by Gasteiger charge is -2.13. The average molecular weight is 217 g/mol. The molecule has 2 aliphatic rings. The fraction of sp³-hybridized carbons (Fsp3) is 0.364. The predicted octanol–water partition coefficient (Wildman–Crippen LogP) is 0.714. The molecule has 0 radical (unpaired) electrons. The van der Waals surface area contributed by atoms with Gasteiger partial charge in [0.15, 0.2) is 0 Å². The van der Waals surface area contributed by atoms with E-state index in [0.29, 0.717) is 24.5 Å². The molecule has 5 heteroatoms. The molecule has 2 aliphatic heterocycles. The van der Waals surface area contributed by atoms with Crippen LogP contribution in [0.25, 0.3) is 0 Å². The molecule has 5 nitrogen and oxygen atoms in total. The van der Waals surface area contributed by atoms with Crippen molar-refractivity contribution in [2.75, 3.05) is 18.6 Å². The van der Waals surface area contributed by atoms with Gasteiger partial charge in [0.1, 0.15) is 23.1 Å². The van der Waals surface area contributed by atoms with Crippen LogP contribution in [0.4, 0.5) is 5.69 Å². The van der Waals surface area contributed by atoms with Gasteiger partial charge in [-0.2, -0.15) is 5.26 Å². The fourth-order valence-corrected chi connectivity index (χ4v) is 2.38. The van der Waals surface area contributed by atoms with Crippen LogP contribution in [0.15, 0.2) is 0 Å². The zero-order chi connectivity index (χ0) is 11.1. The minimum absolute atomic E-state index is 0.599. The third-order valence-corrected chi connectivity index (χ3v) is 3.06. The topological polar surface area (TPSA) is 80.3 Å². The Morgan fingerprint density at radius 3 is 2.50 bits per heavy atom. The number of nitrogens with two attached hydrogens (primary N) is 1. The summed E-state index contributed by atoms with van der Waals surface area (Å²) in [5, 5.41) is 9.19. The van der Waals surface area contributed by atoms with E-state index in [1.54, 1.807) is 0 Å². The van der Waals surface area contributed by atoms with E-state index in [1.807, 2.05) is 0 Å². The Bertz CT molecular complexity index is 470. The van der Waals surface area contributed by atoms with Crippen molar-refractivity contribution < 1.29 is 9.47 Å². The predicted molar refractivity (Wildman–Crippen MR) is 57.4 cm³/mol. The molecule has 0 aliphatic carbocycles. The summed E-state index contributed by atoms with van der Waals surface area (Å²) in [5.74, 6) is 6.92. The quantitative estimate of drug-likeness (QED) is 0.535. The van der Waals surface area contributed by atoms with Crippen LogP contribution in [0, 0.1) is 11.3 Å². The third-order valence-electron chi connectivity index (χ3n) is 3.06. The van der Waals surface area contributed by atoms with Crippen molar-refractivity contribution in [3.63, 3.8) is 0 Å². The van der Waals surface area contributed by atoms with Crippen LogP contribution in [-0.2, 0) is 12.8 Å². The molecule has 1 aromatic rings. The Hall–Kier alpha value is -1.93. The smallest absolute Gasteiger partial charge is 0.148 e. The van der Waals surface area contributed by atoms with Crippen LogP contribution in [0.2, 0.25) is 0 Å². The second-order valence-corrected chi connectivity index (χ2v) is 3.82. The first-order valence-corrected chi connectivity index (χ1v) is 5.20. The van der Waals surface area contributed by atoms with E-state index in [1.165, 1.54) is 0 Å². The van der Waals surface area contributed by atoms with Gasteiger partial charge in [-0.3, -0.25) is 5.84 Å². The molecule has 0 bridgehead atoms. The van der Waals surface area contributed by atoms with E-state index < -0.39 is 0 Å². The van der Waals surface area contributed by atoms with E-state index in [4.69, 9.17) is 15.3 Å². The number of nitrogen functional groups attached to an aromatic ring is 1. The number of nitrogens with one attached hydrogen (secondary N) is 1. The minimum atomic E-state index is 0.599. The van der Waals surface area contributed by atoms with Crippen molar-refractivity contribution in [2.24, 2.45) is 5.84 Å². The highest BCUT2D eigenvalue weighted by molar-refractivity contribution is 5.76. The van der Waals surface area contributed by atoms with Gasteiger partial charge in [-0.05, 0) is 0 Å². The summed E-state index contributed by atoms with van der Waals surface area (Å²) in [6, 6.07) is 2.21. The van der Waals surface area contributed by atoms with Gasteiger partial charge < -0.3 is 14.9 Å². The van der Waals surface area contributed by atoms with Gasteiger partial charge in [-0.25, -0.2) is 0 Å². The number of benzene rings is 1. The highest BCUT2D eigenvalue weighted by Crippen LogP contribution is 2.46. The number of ether oxygens (including phenoxy) is 2. The van der Waals surface area contributed by atoms with Crippen molar-refractivity contribution in [1.82, 2.24) is 0 Å². The Balaban J connectivity index is 2.35. The zero-order valence-corrected chi connectivity index (χ0v) is 8.67. The summed E-state index contributed by atoms with van der Waals surface area (Å²) in [7, 11) is 0. The second-order valence-electron chi connectivity index (χ2n) is 3.82. The highest BCUT2D eigenvalue weighted by atomic mass is 16.5. The molecule has 0 unspecified atom stereocenters. The number of anilines is 1. The summed E-state index contributed by atoms with van der Waals surface area (Å²) in [6.45, 7) is 1.20. The number of hydrogen-bond acceptors (Lipinski definition) is 5. The Kier molecular flexibility index (Phi) is 1.91. The summed E-state index contributed by atoms with van der Waals surface area (Å²) in [6.07, 6.45) is 1.50. The summed E-state index contributed by atoms with van der Waals surface area (Å²) < 4.78 is 11.1. The number of nitrogens with zero attached hydrogens (tertiary/aromatic N) is 1. The standard InChI is InChI=1S/C11H11N3O2/c12-5-8-6-1-3-16-11(6)9(14-13)7-2-4-15-10(7)8/h14H,1-4,13H2. The van der Waals surface area contributed by atoms with Gasteiger partial charge >= 0.3 is 0 Å². The van der Waals surface area contributed by atoms with E-state index >= 15 is 0 Å². The number of hydrogen-bond donors (Lipinski definition) is 2. The van der Waals surface area contributed by atoms with Gasteiger partial charge in [-0.1, -0.05) is 0 Å². The molecule has 0 aromatic heterocycles. The average Bonchev–Trinajstić information content (AvgIpc) is 2.93. The van der Waals surface area contributed by atoms with E-state index in [-0.39, 0.29) is 0 Å². The molecule has 1 aromatic carbocycles. The molecule has 3 rings (SSSR count). The molecule has 0 amide bonds. The highest BCUT2D eigenvalue weighted by Gasteiger charge is 2.31. The molecule has 0 saturated carbocycles. The van der Waals surface area contributed by atoms with Crippen molar-refractivity contribution >= 4 is 5.69 Å². The minimum Gasteiger partial charge on any atom is -0.491 e. The lowest BCUT2D eigenvalue weighted by molar-refractivity contribution is 0.355. The van der Waals surface area contributed by atoms with Crippen LogP contribution in [0.1, 0.15) is 16.7 Å². The van der Waals surface area contributed by atoms with E-state index in [9.17, 15) is 5.26 Å². The van der Waals surface area contributed by atoms with Gasteiger partial charge in [0, 0.05) is 24.0 Å². The lowest BCUT2D eigenvalue weighted by Crippen LogP contribution is -2.10. The van der Waals surface area contributed by atoms with Crippen LogP contribution in [0.5, 0.6) is 11.5 Å². The number of nitriles is 1. The lowest BCUT2D eigenvalue weighted by atomic mass is 9.98. The monoisotopic (exact) mass is 217 g/mol. The van der Waals surface area contributed by atoms with Crippen LogP contribution < -0.4 is 20.7 Å². The van der Waals surface area contributed by atoms with Crippen molar-refractivity contribution in [1.29, 1.82) is 5.26 Å². The Labute approximate surface area is 92.7 Å². The molecule has 0 saturated heterocycles. The van der Waals surface area contributed by atoms with Gasteiger partial charge in [0.2, 0.25) is 0 Å². The molecule has 0 fully saturated rings. The van der Waals surface area contributed by atoms with Crippen molar-refractivity contribution in [3.8, 4) is 17.6 Å². The van der Waals surface area contributed by atoms with Crippen LogP contribution >= 0.6 is 0 Å². The SMILES string of the molecule is N#Cc1c2c(c(NN)c3c1OCC3)OCC2. The fourth-order valence-electron chi connectivity index (χ4n) is 2.38. The maximum absolute atomic E-state index is 9.19. The molecule has 82 valence electrons. The zero-order valence-electron chi connectivity index (χ0n) is 8.67. The maximum atomic E-state index is 9.19. The van der Waals surface area contributed by atoms with Crippen LogP contribution in [-0.4, -0.2) is 13.2 Å². The molecule has 2 heterocycles. The number of fused-ring (bicyclic) bond motifs is 2. The van der Waals surface area contributed by atoms with E-state index in [2.05, 4.69) is 11.5 Å². The van der Waals surface area contributed by atoms with Crippen molar-refractivity contribution in [3.05, 3.63) is 16.7 Å². The van der Waals surface area contributed by atoms with E-state index in [0.717, 1.165) is 35.4 Å². The largest absolute Gasteiger partial charge is 0.491 e. The number of hydrazine groups is 1. The first-order valence-electron chi connectivity index (χ1n) is 5.20. The molecule has 0 atom stereocenters. The molecule has 0 spiro atoms. The van der Waals surface area contributed by atoms with Crippen LogP contribution in [0.3, 0.4) is 0 Å². The second kappa shape index (κ2) is 3.29. The molecular weight excluding hydrogens is 206 g/mol. The first-order chi connectivity index (χ1) is 7.86. The Morgan fingerprint density at radius 2 is 1.81 bits per heavy atom. The third kappa shape index (κ3) is 1.02. The maximum Gasteiger partial charge on any atom is 0.148 e. The molecular formula is C11H11N3O2.